The summed E-state index contributed by atoms with van der Waals surface area (Å²) in [4.78, 5) is 0. The molecule has 0 aromatic carbocycles. The Hall–Kier alpha value is -0.640. The Morgan fingerprint density at radius 2 is 1.71 bits per heavy atom. The largest absolute Gasteiger partial charge is 0.224 e. The van der Waals surface area contributed by atoms with Gasteiger partial charge in [0, 0.05) is 6.54 Å². The molecule has 0 aliphatic rings. The molecular weight excluding hydrogens is 176 g/mol. The van der Waals surface area contributed by atoms with Gasteiger partial charge in [-0.05, 0) is 11.8 Å². The highest BCUT2D eigenvalue weighted by atomic mass is 15.6. The molecule has 0 amide bonds. The Labute approximate surface area is 87.5 Å². The number of rotatable bonds is 8. The van der Waals surface area contributed by atoms with E-state index in [9.17, 15) is 0 Å². The molecule has 2 N–H and O–H groups in total. The molecule has 0 aromatic rings. The van der Waals surface area contributed by atoms with E-state index in [1.54, 1.807) is 0 Å². The molecule has 0 saturated carbocycles. The number of hydrogen-bond acceptors (Lipinski definition) is 3. The summed E-state index contributed by atoms with van der Waals surface area (Å²) in [6, 6.07) is 0. The normalized spacial score (nSPS) is 15.7. The zero-order valence-electron chi connectivity index (χ0n) is 9.88. The monoisotopic (exact) mass is 200 g/mol. The second-order valence-electron chi connectivity index (χ2n) is 3.94. The molecular formula is C10H24N4. The SMILES string of the molecule is CCC(C)CN=NNNCC(C)CC. The molecule has 0 aliphatic carbocycles. The minimum Gasteiger partial charge on any atom is -0.224 e. The van der Waals surface area contributed by atoms with Gasteiger partial charge in [-0.15, -0.1) is 0 Å². The molecule has 2 atom stereocenters. The lowest BCUT2D eigenvalue weighted by atomic mass is 10.1. The molecule has 0 saturated heterocycles. The third-order valence-corrected chi connectivity index (χ3v) is 2.44. The van der Waals surface area contributed by atoms with E-state index in [-0.39, 0.29) is 0 Å². The molecule has 0 spiro atoms. The van der Waals surface area contributed by atoms with Crippen molar-refractivity contribution in [2.24, 2.45) is 22.2 Å². The van der Waals surface area contributed by atoms with Crippen LogP contribution in [0.4, 0.5) is 0 Å². The average Bonchev–Trinajstić information content (AvgIpc) is 2.22. The number of hydrazine groups is 1. The summed E-state index contributed by atoms with van der Waals surface area (Å²) in [6.45, 7) is 10.4. The molecule has 4 heteroatoms. The van der Waals surface area contributed by atoms with E-state index in [2.05, 4.69) is 49.0 Å². The third kappa shape index (κ3) is 7.98. The number of nitrogens with zero attached hydrogens (tertiary/aromatic N) is 2. The van der Waals surface area contributed by atoms with Crippen molar-refractivity contribution in [1.82, 2.24) is 11.0 Å². The Balaban J connectivity index is 3.27. The summed E-state index contributed by atoms with van der Waals surface area (Å²) in [5.41, 5.74) is 5.76. The zero-order valence-corrected chi connectivity index (χ0v) is 9.88. The van der Waals surface area contributed by atoms with Crippen LogP contribution in [0.15, 0.2) is 10.3 Å². The van der Waals surface area contributed by atoms with Crippen LogP contribution in [0.5, 0.6) is 0 Å². The quantitative estimate of drug-likeness (QED) is 0.359. The van der Waals surface area contributed by atoms with Crippen LogP contribution < -0.4 is 11.0 Å². The first-order chi connectivity index (χ1) is 6.70. The molecule has 0 rings (SSSR count). The van der Waals surface area contributed by atoms with Crippen LogP contribution in [0.1, 0.15) is 40.5 Å². The van der Waals surface area contributed by atoms with Gasteiger partial charge in [-0.1, -0.05) is 45.8 Å². The van der Waals surface area contributed by atoms with Gasteiger partial charge in [-0.3, -0.25) is 0 Å². The van der Waals surface area contributed by atoms with Crippen molar-refractivity contribution in [3.8, 4) is 0 Å². The van der Waals surface area contributed by atoms with Crippen LogP contribution in [0.2, 0.25) is 0 Å². The number of nitrogens with one attached hydrogen (secondary N) is 2. The fourth-order valence-corrected chi connectivity index (χ4v) is 0.744. The lowest BCUT2D eigenvalue weighted by Gasteiger charge is -2.08. The highest BCUT2D eigenvalue weighted by Gasteiger charge is 1.96. The van der Waals surface area contributed by atoms with E-state index in [1.165, 1.54) is 6.42 Å². The van der Waals surface area contributed by atoms with Gasteiger partial charge in [0.25, 0.3) is 0 Å². The van der Waals surface area contributed by atoms with Crippen LogP contribution in [-0.4, -0.2) is 13.1 Å². The Bertz CT molecular complexity index is 147. The standard InChI is InChI=1S/C10H24N4/c1-5-9(3)7-11-13-14-12-8-10(4)6-2/h9-10H,5-8H2,1-4H3,(H,11,14)(H,12,13). The zero-order chi connectivity index (χ0) is 10.8. The maximum absolute atomic E-state index is 4.02. The van der Waals surface area contributed by atoms with Crippen LogP contribution in [-0.2, 0) is 0 Å². The topological polar surface area (TPSA) is 48.8 Å². The van der Waals surface area contributed by atoms with Crippen LogP contribution in [0.3, 0.4) is 0 Å². The van der Waals surface area contributed by atoms with E-state index in [0.29, 0.717) is 11.8 Å². The van der Waals surface area contributed by atoms with E-state index in [0.717, 1.165) is 19.5 Å². The Morgan fingerprint density at radius 3 is 2.29 bits per heavy atom. The van der Waals surface area contributed by atoms with Crippen LogP contribution in [0, 0.1) is 11.8 Å². The highest BCUT2D eigenvalue weighted by molar-refractivity contribution is 4.51. The smallest absolute Gasteiger partial charge is 0.0646 e. The molecule has 0 fully saturated rings. The van der Waals surface area contributed by atoms with Crippen molar-refractivity contribution in [3.63, 3.8) is 0 Å². The molecule has 0 aliphatic heterocycles. The average molecular weight is 200 g/mol. The Morgan fingerprint density at radius 1 is 1.07 bits per heavy atom. The van der Waals surface area contributed by atoms with E-state index >= 15 is 0 Å². The van der Waals surface area contributed by atoms with Crippen molar-refractivity contribution in [2.45, 2.75) is 40.5 Å². The first-order valence-corrected chi connectivity index (χ1v) is 5.55. The lowest BCUT2D eigenvalue weighted by molar-refractivity contribution is 0.432. The summed E-state index contributed by atoms with van der Waals surface area (Å²) in [6.07, 6.45) is 2.33. The van der Waals surface area contributed by atoms with Crippen LogP contribution >= 0.6 is 0 Å². The lowest BCUT2D eigenvalue weighted by Crippen LogP contribution is -2.30. The van der Waals surface area contributed by atoms with Crippen molar-refractivity contribution in [2.75, 3.05) is 13.1 Å². The first-order valence-electron chi connectivity index (χ1n) is 5.55. The fourth-order valence-electron chi connectivity index (χ4n) is 0.744. The van der Waals surface area contributed by atoms with E-state index < -0.39 is 0 Å². The Kier molecular flexibility index (Phi) is 8.53. The minimum absolute atomic E-state index is 0.620. The maximum atomic E-state index is 4.02. The highest BCUT2D eigenvalue weighted by Crippen LogP contribution is 1.99. The maximum Gasteiger partial charge on any atom is 0.0646 e. The summed E-state index contributed by atoms with van der Waals surface area (Å²) in [5, 5.41) is 7.85. The summed E-state index contributed by atoms with van der Waals surface area (Å²) >= 11 is 0. The molecule has 4 nitrogen and oxygen atoms in total. The van der Waals surface area contributed by atoms with Crippen molar-refractivity contribution in [1.29, 1.82) is 0 Å². The third-order valence-electron chi connectivity index (χ3n) is 2.44. The van der Waals surface area contributed by atoms with Gasteiger partial charge in [-0.25, -0.2) is 11.0 Å². The fraction of sp³-hybridized carbons (Fsp3) is 1.00. The molecule has 0 aromatic heterocycles. The molecule has 14 heavy (non-hydrogen) atoms. The van der Waals surface area contributed by atoms with Gasteiger partial charge in [0.15, 0.2) is 0 Å². The molecule has 0 radical (unpaired) electrons. The summed E-state index contributed by atoms with van der Waals surface area (Å²) in [7, 11) is 0. The molecule has 0 heterocycles. The predicted octanol–water partition coefficient (Wildman–Crippen LogP) is 2.54. The van der Waals surface area contributed by atoms with Crippen molar-refractivity contribution >= 4 is 0 Å². The van der Waals surface area contributed by atoms with Gasteiger partial charge in [0.2, 0.25) is 0 Å². The second-order valence-corrected chi connectivity index (χ2v) is 3.94. The van der Waals surface area contributed by atoms with E-state index in [4.69, 9.17) is 0 Å². The van der Waals surface area contributed by atoms with Gasteiger partial charge in [0.1, 0.15) is 0 Å². The van der Waals surface area contributed by atoms with Gasteiger partial charge in [0.05, 0.1) is 6.54 Å². The van der Waals surface area contributed by atoms with Crippen molar-refractivity contribution < 1.29 is 0 Å². The molecule has 2 unspecified atom stereocenters. The predicted molar refractivity (Wildman–Crippen MR) is 59.8 cm³/mol. The number of hydrogen-bond donors (Lipinski definition) is 2. The van der Waals surface area contributed by atoms with Gasteiger partial charge < -0.3 is 0 Å². The van der Waals surface area contributed by atoms with Gasteiger partial charge in [-0.2, -0.15) is 5.11 Å². The first kappa shape index (κ1) is 13.4. The summed E-state index contributed by atoms with van der Waals surface area (Å²) in [5.74, 6) is 1.29. The van der Waals surface area contributed by atoms with E-state index in [1.807, 2.05) is 0 Å². The minimum atomic E-state index is 0.620. The van der Waals surface area contributed by atoms with Gasteiger partial charge >= 0.3 is 0 Å². The second kappa shape index (κ2) is 8.94. The summed E-state index contributed by atoms with van der Waals surface area (Å²) < 4.78 is 0. The van der Waals surface area contributed by atoms with Crippen molar-refractivity contribution in [3.05, 3.63) is 0 Å². The molecule has 84 valence electrons. The van der Waals surface area contributed by atoms with Crippen LogP contribution in [0.25, 0.3) is 0 Å². The molecule has 0 bridgehead atoms.